The van der Waals surface area contributed by atoms with Gasteiger partial charge in [-0.05, 0) is 18.1 Å². The minimum absolute atomic E-state index is 0.152. The second-order valence-electron chi connectivity index (χ2n) is 4.46. The van der Waals surface area contributed by atoms with Crippen molar-refractivity contribution in [3.8, 4) is 0 Å². The molecule has 1 heterocycles. The molecule has 18 heavy (non-hydrogen) atoms. The van der Waals surface area contributed by atoms with Crippen LogP contribution in [0.3, 0.4) is 0 Å². The molecule has 0 bridgehead atoms. The summed E-state index contributed by atoms with van der Waals surface area (Å²) in [4.78, 5) is 1.54. The van der Waals surface area contributed by atoms with Crippen LogP contribution in [0.1, 0.15) is 18.0 Å². The topological polar surface area (TPSA) is 49.5 Å². The van der Waals surface area contributed by atoms with Crippen LogP contribution in [0.2, 0.25) is 0 Å². The SMILES string of the molecule is NC1CCN(CC(O)C(F)(F)F)c2ccccc21. The standard InChI is InChI=1S/C12H15F3N2O/c13-12(14,15)11(18)7-17-6-5-9(16)8-3-1-2-4-10(8)17/h1-4,9,11,18H,5-7,16H2. The minimum Gasteiger partial charge on any atom is -0.382 e. The Morgan fingerprint density at radius 2 is 2.06 bits per heavy atom. The zero-order valence-electron chi connectivity index (χ0n) is 9.69. The van der Waals surface area contributed by atoms with Gasteiger partial charge in [0.1, 0.15) is 0 Å². The first-order valence-corrected chi connectivity index (χ1v) is 5.74. The van der Waals surface area contributed by atoms with E-state index in [1.807, 2.05) is 12.1 Å². The average molecular weight is 260 g/mol. The highest BCUT2D eigenvalue weighted by molar-refractivity contribution is 5.57. The van der Waals surface area contributed by atoms with E-state index >= 15 is 0 Å². The van der Waals surface area contributed by atoms with Gasteiger partial charge in [-0.1, -0.05) is 18.2 Å². The molecule has 0 radical (unpaired) electrons. The Hall–Kier alpha value is -1.27. The molecule has 2 rings (SSSR count). The third kappa shape index (κ3) is 2.59. The van der Waals surface area contributed by atoms with Gasteiger partial charge in [-0.15, -0.1) is 0 Å². The number of alkyl halides is 3. The van der Waals surface area contributed by atoms with Crippen LogP contribution in [-0.2, 0) is 0 Å². The van der Waals surface area contributed by atoms with Crippen molar-refractivity contribution in [2.75, 3.05) is 18.0 Å². The van der Waals surface area contributed by atoms with Crippen LogP contribution in [0.15, 0.2) is 24.3 Å². The molecule has 3 nitrogen and oxygen atoms in total. The second-order valence-corrected chi connectivity index (χ2v) is 4.46. The number of nitrogens with two attached hydrogens (primary N) is 1. The summed E-state index contributed by atoms with van der Waals surface area (Å²) >= 11 is 0. The number of fused-ring (bicyclic) bond motifs is 1. The number of benzene rings is 1. The monoisotopic (exact) mass is 260 g/mol. The largest absolute Gasteiger partial charge is 0.416 e. The van der Waals surface area contributed by atoms with Crippen LogP contribution in [0.25, 0.3) is 0 Å². The van der Waals surface area contributed by atoms with E-state index in [2.05, 4.69) is 0 Å². The van der Waals surface area contributed by atoms with Gasteiger partial charge in [-0.25, -0.2) is 0 Å². The third-order valence-corrected chi connectivity index (χ3v) is 3.16. The fourth-order valence-corrected chi connectivity index (χ4v) is 2.16. The molecule has 0 amide bonds. The highest BCUT2D eigenvalue weighted by Gasteiger charge is 2.40. The number of β-amino-alcohol motifs (C(OH)–C–C–N with tert-alkyl or cyclic N) is 1. The number of para-hydroxylation sites is 1. The van der Waals surface area contributed by atoms with Gasteiger partial charge in [0, 0.05) is 18.3 Å². The predicted octanol–water partition coefficient (Wildman–Crippen LogP) is 1.82. The molecule has 0 saturated carbocycles. The van der Waals surface area contributed by atoms with Crippen LogP contribution in [0.4, 0.5) is 18.9 Å². The molecular formula is C12H15F3N2O. The molecule has 0 saturated heterocycles. The van der Waals surface area contributed by atoms with E-state index in [0.29, 0.717) is 18.7 Å². The number of nitrogens with zero attached hydrogens (tertiary/aromatic N) is 1. The molecule has 0 aromatic heterocycles. The van der Waals surface area contributed by atoms with Gasteiger partial charge >= 0.3 is 6.18 Å². The summed E-state index contributed by atoms with van der Waals surface area (Å²) in [5.41, 5.74) is 7.43. The number of aliphatic hydroxyl groups is 1. The van der Waals surface area contributed by atoms with Gasteiger partial charge < -0.3 is 15.7 Å². The van der Waals surface area contributed by atoms with Crippen LogP contribution in [0.5, 0.6) is 0 Å². The van der Waals surface area contributed by atoms with E-state index in [0.717, 1.165) is 5.56 Å². The van der Waals surface area contributed by atoms with E-state index in [-0.39, 0.29) is 6.04 Å². The number of hydrogen-bond acceptors (Lipinski definition) is 3. The van der Waals surface area contributed by atoms with E-state index < -0.39 is 18.8 Å². The molecule has 0 aliphatic carbocycles. The first-order chi connectivity index (χ1) is 8.39. The summed E-state index contributed by atoms with van der Waals surface area (Å²) in [6, 6.07) is 6.95. The molecule has 1 aliphatic rings. The first-order valence-electron chi connectivity index (χ1n) is 5.74. The third-order valence-electron chi connectivity index (χ3n) is 3.16. The van der Waals surface area contributed by atoms with Crippen LogP contribution >= 0.6 is 0 Å². The maximum absolute atomic E-state index is 12.4. The average Bonchev–Trinajstić information content (AvgIpc) is 2.32. The van der Waals surface area contributed by atoms with Crippen molar-refractivity contribution in [2.45, 2.75) is 24.7 Å². The molecule has 0 fully saturated rings. The Bertz CT molecular complexity index is 422. The van der Waals surface area contributed by atoms with E-state index in [1.165, 1.54) is 4.90 Å². The van der Waals surface area contributed by atoms with Crippen LogP contribution in [-0.4, -0.2) is 30.5 Å². The molecule has 3 N–H and O–H groups in total. The lowest BCUT2D eigenvalue weighted by Crippen LogP contribution is -2.44. The number of rotatable bonds is 2. The molecule has 2 atom stereocenters. The van der Waals surface area contributed by atoms with Gasteiger partial charge in [0.2, 0.25) is 0 Å². The highest BCUT2D eigenvalue weighted by atomic mass is 19.4. The van der Waals surface area contributed by atoms with Gasteiger partial charge in [-0.2, -0.15) is 13.2 Å². The lowest BCUT2D eigenvalue weighted by Gasteiger charge is -2.35. The van der Waals surface area contributed by atoms with Gasteiger partial charge in [0.25, 0.3) is 0 Å². The summed E-state index contributed by atoms with van der Waals surface area (Å²) in [7, 11) is 0. The Labute approximate surface area is 103 Å². The van der Waals surface area contributed by atoms with Crippen molar-refractivity contribution in [1.29, 1.82) is 0 Å². The smallest absolute Gasteiger partial charge is 0.382 e. The molecule has 100 valence electrons. The summed E-state index contributed by atoms with van der Waals surface area (Å²) in [6.07, 6.45) is -6.34. The molecule has 2 unspecified atom stereocenters. The zero-order valence-corrected chi connectivity index (χ0v) is 9.69. The molecular weight excluding hydrogens is 245 g/mol. The van der Waals surface area contributed by atoms with Crippen molar-refractivity contribution in [3.05, 3.63) is 29.8 Å². The van der Waals surface area contributed by atoms with Gasteiger partial charge in [0.05, 0.1) is 6.54 Å². The molecule has 1 aliphatic heterocycles. The van der Waals surface area contributed by atoms with Crippen molar-refractivity contribution in [1.82, 2.24) is 0 Å². The second kappa shape index (κ2) is 4.78. The molecule has 1 aromatic rings. The van der Waals surface area contributed by atoms with Gasteiger partial charge in [0.15, 0.2) is 6.10 Å². The summed E-state index contributed by atoms with van der Waals surface area (Å²) in [6.45, 7) is -0.0292. The maximum atomic E-state index is 12.4. The molecule has 0 spiro atoms. The minimum atomic E-state index is -4.59. The normalized spacial score (nSPS) is 21.6. The molecule has 6 heteroatoms. The number of aliphatic hydroxyl groups excluding tert-OH is 1. The van der Waals surface area contributed by atoms with E-state index in [4.69, 9.17) is 10.8 Å². The highest BCUT2D eigenvalue weighted by Crippen LogP contribution is 2.33. The van der Waals surface area contributed by atoms with Crippen molar-refractivity contribution in [2.24, 2.45) is 5.73 Å². The Balaban J connectivity index is 2.19. The fourth-order valence-electron chi connectivity index (χ4n) is 2.16. The zero-order chi connectivity index (χ0) is 13.3. The number of anilines is 1. The maximum Gasteiger partial charge on any atom is 0.416 e. The Morgan fingerprint density at radius 1 is 1.39 bits per heavy atom. The lowest BCUT2D eigenvalue weighted by atomic mass is 9.97. The summed E-state index contributed by atoms with van der Waals surface area (Å²) in [5.74, 6) is 0. The first kappa shape index (κ1) is 13.2. The van der Waals surface area contributed by atoms with E-state index in [9.17, 15) is 13.2 Å². The van der Waals surface area contributed by atoms with Crippen LogP contribution < -0.4 is 10.6 Å². The van der Waals surface area contributed by atoms with E-state index in [1.54, 1.807) is 12.1 Å². The Morgan fingerprint density at radius 3 is 2.72 bits per heavy atom. The fraction of sp³-hybridized carbons (Fsp3) is 0.500. The quantitative estimate of drug-likeness (QED) is 0.852. The van der Waals surface area contributed by atoms with Gasteiger partial charge in [-0.3, -0.25) is 0 Å². The number of hydrogen-bond donors (Lipinski definition) is 2. The predicted molar refractivity (Wildman–Crippen MR) is 62.3 cm³/mol. The summed E-state index contributed by atoms with van der Waals surface area (Å²) < 4.78 is 37.1. The number of halogens is 3. The van der Waals surface area contributed by atoms with Crippen LogP contribution in [0, 0.1) is 0 Å². The van der Waals surface area contributed by atoms with Crippen molar-refractivity contribution >= 4 is 5.69 Å². The lowest BCUT2D eigenvalue weighted by molar-refractivity contribution is -0.200. The van der Waals surface area contributed by atoms with Crippen molar-refractivity contribution < 1.29 is 18.3 Å². The molecule has 1 aromatic carbocycles. The Kier molecular flexibility index (Phi) is 3.49. The van der Waals surface area contributed by atoms with Crippen molar-refractivity contribution in [3.63, 3.8) is 0 Å². The summed E-state index contributed by atoms with van der Waals surface area (Å²) in [5, 5.41) is 9.13.